The van der Waals surface area contributed by atoms with Crippen molar-refractivity contribution in [3.8, 4) is 11.5 Å². The van der Waals surface area contributed by atoms with Gasteiger partial charge in [0.1, 0.15) is 11.5 Å². The zero-order valence-electron chi connectivity index (χ0n) is 13.2. The van der Waals surface area contributed by atoms with Crippen molar-refractivity contribution < 1.29 is 23.0 Å². The number of nitrogens with one attached hydrogen (secondary N) is 1. The van der Waals surface area contributed by atoms with Gasteiger partial charge < -0.3 is 14.6 Å². The molecule has 0 bridgehead atoms. The number of methoxy groups -OCH3 is 1. The lowest BCUT2D eigenvalue weighted by Crippen LogP contribution is -2.28. The topological polar surface area (TPSA) is 84.9 Å². The predicted molar refractivity (Wildman–Crippen MR) is 88.8 cm³/mol. The molecule has 1 unspecified atom stereocenters. The summed E-state index contributed by atoms with van der Waals surface area (Å²) in [5, 5.41) is 10.3. The Balaban J connectivity index is 1.67. The molecule has 1 atom stereocenters. The van der Waals surface area contributed by atoms with Crippen molar-refractivity contribution >= 4 is 10.0 Å². The van der Waals surface area contributed by atoms with E-state index in [0.717, 1.165) is 17.7 Å². The Morgan fingerprint density at radius 2 is 2.00 bits per heavy atom. The van der Waals surface area contributed by atoms with Crippen molar-refractivity contribution in [3.05, 3.63) is 53.6 Å². The molecule has 0 aliphatic carbocycles. The molecule has 24 heavy (non-hydrogen) atoms. The van der Waals surface area contributed by atoms with Crippen LogP contribution in [0.5, 0.6) is 11.5 Å². The first kappa shape index (κ1) is 16.8. The quantitative estimate of drug-likeness (QED) is 0.828. The Morgan fingerprint density at radius 1 is 1.25 bits per heavy atom. The molecule has 0 aromatic heterocycles. The Labute approximate surface area is 141 Å². The van der Waals surface area contributed by atoms with Gasteiger partial charge in [0.15, 0.2) is 0 Å². The highest BCUT2D eigenvalue weighted by atomic mass is 32.2. The monoisotopic (exact) mass is 349 g/mol. The molecule has 0 saturated carbocycles. The van der Waals surface area contributed by atoms with Crippen LogP contribution in [0.4, 0.5) is 0 Å². The molecule has 0 fully saturated rings. The number of hydrogen-bond donors (Lipinski definition) is 2. The average Bonchev–Trinajstić information content (AvgIpc) is 3.07. The summed E-state index contributed by atoms with van der Waals surface area (Å²) in [6.45, 7) is 0.535. The molecule has 2 aromatic rings. The van der Waals surface area contributed by atoms with E-state index >= 15 is 0 Å². The molecule has 7 heteroatoms. The van der Waals surface area contributed by atoms with Gasteiger partial charge in [0.2, 0.25) is 10.0 Å². The van der Waals surface area contributed by atoms with Crippen molar-refractivity contribution in [1.82, 2.24) is 4.72 Å². The predicted octanol–water partition coefficient (Wildman–Crippen LogP) is 1.64. The SMILES string of the molecule is COc1ccc(S(=O)(=O)NCC(O)c2ccc3c(c2)CCO3)cc1. The summed E-state index contributed by atoms with van der Waals surface area (Å²) in [4.78, 5) is 0.123. The van der Waals surface area contributed by atoms with E-state index in [2.05, 4.69) is 4.72 Å². The van der Waals surface area contributed by atoms with E-state index in [9.17, 15) is 13.5 Å². The number of fused-ring (bicyclic) bond motifs is 1. The molecule has 1 aliphatic heterocycles. The summed E-state index contributed by atoms with van der Waals surface area (Å²) >= 11 is 0. The van der Waals surface area contributed by atoms with E-state index < -0.39 is 16.1 Å². The number of benzene rings is 2. The van der Waals surface area contributed by atoms with Crippen LogP contribution < -0.4 is 14.2 Å². The molecular formula is C17H19NO5S. The van der Waals surface area contributed by atoms with Crippen LogP contribution in [-0.4, -0.2) is 33.8 Å². The van der Waals surface area contributed by atoms with E-state index in [-0.39, 0.29) is 11.4 Å². The summed E-state index contributed by atoms with van der Waals surface area (Å²) < 4.78 is 37.4. The minimum Gasteiger partial charge on any atom is -0.497 e. The van der Waals surface area contributed by atoms with Gasteiger partial charge in [0, 0.05) is 13.0 Å². The third kappa shape index (κ3) is 3.53. The highest BCUT2D eigenvalue weighted by Gasteiger charge is 2.19. The van der Waals surface area contributed by atoms with Crippen molar-refractivity contribution in [2.45, 2.75) is 17.4 Å². The summed E-state index contributed by atoms with van der Waals surface area (Å²) in [5.74, 6) is 1.40. The minimum atomic E-state index is -3.69. The van der Waals surface area contributed by atoms with Crippen molar-refractivity contribution in [2.75, 3.05) is 20.3 Å². The number of ether oxygens (including phenoxy) is 2. The second-order valence-electron chi connectivity index (χ2n) is 5.51. The van der Waals surface area contributed by atoms with Crippen LogP contribution in [0.1, 0.15) is 17.2 Å². The maximum absolute atomic E-state index is 12.3. The number of aliphatic hydroxyl groups is 1. The zero-order valence-corrected chi connectivity index (χ0v) is 14.0. The first-order chi connectivity index (χ1) is 11.5. The molecule has 128 valence electrons. The minimum absolute atomic E-state index is 0.103. The van der Waals surface area contributed by atoms with Crippen molar-refractivity contribution in [2.24, 2.45) is 0 Å². The van der Waals surface area contributed by atoms with Crippen LogP contribution in [0.3, 0.4) is 0 Å². The maximum atomic E-state index is 12.3. The molecule has 1 heterocycles. The molecule has 3 rings (SSSR count). The molecule has 0 spiro atoms. The van der Waals surface area contributed by atoms with Gasteiger partial charge in [-0.2, -0.15) is 0 Å². The molecule has 2 N–H and O–H groups in total. The van der Waals surface area contributed by atoms with E-state index in [1.165, 1.54) is 19.2 Å². The lowest BCUT2D eigenvalue weighted by atomic mass is 10.0. The Hall–Kier alpha value is -2.09. The summed E-state index contributed by atoms with van der Waals surface area (Å²) in [6, 6.07) is 11.5. The van der Waals surface area contributed by atoms with Crippen molar-refractivity contribution in [1.29, 1.82) is 0 Å². The smallest absolute Gasteiger partial charge is 0.240 e. The van der Waals surface area contributed by atoms with E-state index in [0.29, 0.717) is 17.9 Å². The standard InChI is InChI=1S/C17H19NO5S/c1-22-14-3-5-15(6-4-14)24(20,21)18-11-16(19)12-2-7-17-13(10-12)8-9-23-17/h2-7,10,16,18-19H,8-9,11H2,1H3. The van der Waals surface area contributed by atoms with Crippen molar-refractivity contribution in [3.63, 3.8) is 0 Å². The van der Waals surface area contributed by atoms with E-state index in [1.54, 1.807) is 24.3 Å². The highest BCUT2D eigenvalue weighted by molar-refractivity contribution is 7.89. The zero-order chi connectivity index (χ0) is 17.2. The largest absolute Gasteiger partial charge is 0.497 e. The Kier molecular flexibility index (Phi) is 4.75. The molecule has 0 saturated heterocycles. The molecule has 6 nitrogen and oxygen atoms in total. The van der Waals surface area contributed by atoms with Crippen LogP contribution in [0.2, 0.25) is 0 Å². The Morgan fingerprint density at radius 3 is 2.71 bits per heavy atom. The van der Waals surface area contributed by atoms with Gasteiger partial charge in [-0.25, -0.2) is 13.1 Å². The maximum Gasteiger partial charge on any atom is 0.240 e. The third-order valence-electron chi connectivity index (χ3n) is 3.93. The lowest BCUT2D eigenvalue weighted by Gasteiger charge is -2.14. The van der Waals surface area contributed by atoms with Crippen LogP contribution >= 0.6 is 0 Å². The van der Waals surface area contributed by atoms with Gasteiger partial charge in [0.05, 0.1) is 24.7 Å². The fourth-order valence-corrected chi connectivity index (χ4v) is 3.60. The lowest BCUT2D eigenvalue weighted by molar-refractivity contribution is 0.182. The number of sulfonamides is 1. The summed E-state index contributed by atoms with van der Waals surface area (Å²) in [6.07, 6.45) is -0.128. The van der Waals surface area contributed by atoms with Crippen LogP contribution in [0.25, 0.3) is 0 Å². The summed E-state index contributed by atoms with van der Waals surface area (Å²) in [5.41, 5.74) is 1.70. The van der Waals surface area contributed by atoms with Gasteiger partial charge >= 0.3 is 0 Å². The Bertz CT molecular complexity index is 817. The van der Waals surface area contributed by atoms with Crippen LogP contribution in [0.15, 0.2) is 47.4 Å². The summed E-state index contributed by atoms with van der Waals surface area (Å²) in [7, 11) is -2.18. The fourth-order valence-electron chi connectivity index (χ4n) is 2.56. The average molecular weight is 349 g/mol. The first-order valence-corrected chi connectivity index (χ1v) is 9.05. The first-order valence-electron chi connectivity index (χ1n) is 7.57. The van der Waals surface area contributed by atoms with Crippen LogP contribution in [0, 0.1) is 0 Å². The number of hydrogen-bond acceptors (Lipinski definition) is 5. The van der Waals surface area contributed by atoms with Gasteiger partial charge in [0.25, 0.3) is 0 Å². The second kappa shape index (κ2) is 6.80. The second-order valence-corrected chi connectivity index (χ2v) is 7.28. The molecule has 2 aromatic carbocycles. The van der Waals surface area contributed by atoms with Gasteiger partial charge in [-0.3, -0.25) is 0 Å². The number of aliphatic hydroxyl groups excluding tert-OH is 1. The van der Waals surface area contributed by atoms with Gasteiger partial charge in [-0.05, 0) is 47.5 Å². The van der Waals surface area contributed by atoms with E-state index in [4.69, 9.17) is 9.47 Å². The molecule has 0 amide bonds. The molecular weight excluding hydrogens is 330 g/mol. The van der Waals surface area contributed by atoms with E-state index in [1.807, 2.05) is 6.07 Å². The number of rotatable bonds is 6. The van der Waals surface area contributed by atoms with Gasteiger partial charge in [-0.15, -0.1) is 0 Å². The molecule has 1 aliphatic rings. The normalized spacial score (nSPS) is 14.8. The molecule has 0 radical (unpaired) electrons. The fraction of sp³-hybridized carbons (Fsp3) is 0.294. The van der Waals surface area contributed by atoms with Crippen LogP contribution in [-0.2, 0) is 16.4 Å². The van der Waals surface area contributed by atoms with Gasteiger partial charge in [-0.1, -0.05) is 6.07 Å². The third-order valence-corrected chi connectivity index (χ3v) is 5.37. The highest BCUT2D eigenvalue weighted by Crippen LogP contribution is 2.28.